The lowest BCUT2D eigenvalue weighted by Gasteiger charge is -2.34. The summed E-state index contributed by atoms with van der Waals surface area (Å²) in [6.45, 7) is 6.98. The molecule has 0 atom stereocenters. The van der Waals surface area contributed by atoms with Crippen LogP contribution in [0.15, 0.2) is 53.4 Å². The van der Waals surface area contributed by atoms with Crippen LogP contribution in [-0.2, 0) is 10.0 Å². The molecule has 1 saturated heterocycles. The molecule has 6 nitrogen and oxygen atoms in total. The van der Waals surface area contributed by atoms with Crippen LogP contribution in [0.5, 0.6) is 5.75 Å². The summed E-state index contributed by atoms with van der Waals surface area (Å²) in [6.07, 6.45) is -0.0366. The van der Waals surface area contributed by atoms with E-state index in [-0.39, 0.29) is 30.0 Å². The van der Waals surface area contributed by atoms with E-state index in [9.17, 15) is 13.2 Å². The van der Waals surface area contributed by atoms with E-state index >= 15 is 0 Å². The van der Waals surface area contributed by atoms with E-state index < -0.39 is 10.0 Å². The molecule has 2 aromatic carbocycles. The predicted octanol–water partition coefficient (Wildman–Crippen LogP) is 2.93. The first-order chi connectivity index (χ1) is 13.3. The van der Waals surface area contributed by atoms with E-state index in [2.05, 4.69) is 0 Å². The molecule has 3 rings (SSSR count). The molecule has 0 aliphatic carbocycles. The second-order valence-electron chi connectivity index (χ2n) is 7.17. The van der Waals surface area contributed by atoms with Crippen LogP contribution < -0.4 is 4.74 Å². The number of nitrogens with zero attached hydrogens (tertiary/aromatic N) is 2. The Morgan fingerprint density at radius 3 is 2.18 bits per heavy atom. The lowest BCUT2D eigenvalue weighted by atomic mass is 10.1. The maximum Gasteiger partial charge on any atom is 0.257 e. The summed E-state index contributed by atoms with van der Waals surface area (Å²) >= 11 is 0. The molecule has 1 aliphatic rings. The first-order valence-electron chi connectivity index (χ1n) is 9.41. The van der Waals surface area contributed by atoms with Crippen LogP contribution in [0.25, 0.3) is 0 Å². The molecule has 1 amide bonds. The average Bonchev–Trinajstić information content (AvgIpc) is 2.68. The number of hydrogen-bond donors (Lipinski definition) is 0. The molecule has 0 spiro atoms. The number of sulfonamides is 1. The van der Waals surface area contributed by atoms with Gasteiger partial charge < -0.3 is 9.64 Å². The van der Waals surface area contributed by atoms with Crippen molar-refractivity contribution < 1.29 is 17.9 Å². The molecule has 0 unspecified atom stereocenters. The third-order valence-electron chi connectivity index (χ3n) is 4.66. The Balaban J connectivity index is 1.70. The zero-order chi connectivity index (χ0) is 20.3. The number of para-hydroxylation sites is 1. The van der Waals surface area contributed by atoms with Gasteiger partial charge in [-0.1, -0.05) is 29.8 Å². The molecule has 1 fully saturated rings. The summed E-state index contributed by atoms with van der Waals surface area (Å²) in [5.74, 6) is 0.417. The Hall–Kier alpha value is -2.38. The van der Waals surface area contributed by atoms with Gasteiger partial charge in [0.15, 0.2) is 0 Å². The first-order valence-corrected chi connectivity index (χ1v) is 10.8. The van der Waals surface area contributed by atoms with Gasteiger partial charge in [-0.25, -0.2) is 8.42 Å². The standard InChI is InChI=1S/C21H26N2O4S/c1-16(2)27-20-7-5-4-6-19(20)21(24)22-12-14-23(15-13-22)28(25,26)18-10-8-17(3)9-11-18/h4-11,16H,12-15H2,1-3H3. The fraction of sp³-hybridized carbons (Fsp3) is 0.381. The van der Waals surface area contributed by atoms with Crippen molar-refractivity contribution in [2.24, 2.45) is 0 Å². The number of amides is 1. The van der Waals surface area contributed by atoms with Crippen LogP contribution in [-0.4, -0.2) is 55.8 Å². The van der Waals surface area contributed by atoms with Gasteiger partial charge in [-0.3, -0.25) is 4.79 Å². The second kappa shape index (κ2) is 8.32. The van der Waals surface area contributed by atoms with Crippen molar-refractivity contribution in [3.05, 3.63) is 59.7 Å². The Morgan fingerprint density at radius 1 is 0.964 bits per heavy atom. The van der Waals surface area contributed by atoms with Gasteiger partial charge in [-0.05, 0) is 45.0 Å². The number of aryl methyl sites for hydroxylation is 1. The molecule has 28 heavy (non-hydrogen) atoms. The zero-order valence-corrected chi connectivity index (χ0v) is 17.3. The number of piperazine rings is 1. The molecule has 150 valence electrons. The van der Waals surface area contributed by atoms with Gasteiger partial charge in [-0.2, -0.15) is 4.31 Å². The molecule has 1 heterocycles. The maximum atomic E-state index is 12.9. The van der Waals surface area contributed by atoms with Crippen molar-refractivity contribution in [1.29, 1.82) is 0 Å². The molecule has 0 bridgehead atoms. The highest BCUT2D eigenvalue weighted by atomic mass is 32.2. The molecule has 0 radical (unpaired) electrons. The van der Waals surface area contributed by atoms with E-state index in [0.29, 0.717) is 24.4 Å². The molecule has 0 aromatic heterocycles. The quantitative estimate of drug-likeness (QED) is 0.771. The fourth-order valence-electron chi connectivity index (χ4n) is 3.16. The third kappa shape index (κ3) is 4.36. The van der Waals surface area contributed by atoms with Crippen molar-refractivity contribution in [2.45, 2.75) is 31.8 Å². The van der Waals surface area contributed by atoms with E-state index in [1.54, 1.807) is 47.4 Å². The van der Waals surface area contributed by atoms with Gasteiger partial charge in [0.1, 0.15) is 5.75 Å². The lowest BCUT2D eigenvalue weighted by molar-refractivity contribution is 0.0692. The number of carbonyl (C=O) groups is 1. The van der Waals surface area contributed by atoms with Gasteiger partial charge in [0, 0.05) is 26.2 Å². The molecule has 2 aromatic rings. The van der Waals surface area contributed by atoms with Gasteiger partial charge in [0.2, 0.25) is 10.0 Å². The number of carbonyl (C=O) groups excluding carboxylic acids is 1. The maximum absolute atomic E-state index is 12.9. The normalized spacial score (nSPS) is 15.6. The summed E-state index contributed by atoms with van der Waals surface area (Å²) < 4.78 is 32.8. The number of ether oxygens (including phenoxy) is 1. The second-order valence-corrected chi connectivity index (χ2v) is 9.11. The van der Waals surface area contributed by atoms with Gasteiger partial charge >= 0.3 is 0 Å². The largest absolute Gasteiger partial charge is 0.490 e. The molecular weight excluding hydrogens is 376 g/mol. The van der Waals surface area contributed by atoms with Crippen LogP contribution in [0.3, 0.4) is 0 Å². The summed E-state index contributed by atoms with van der Waals surface area (Å²) in [6, 6.07) is 14.0. The van der Waals surface area contributed by atoms with Crippen LogP contribution in [0, 0.1) is 6.92 Å². The van der Waals surface area contributed by atoms with Gasteiger partial charge in [-0.15, -0.1) is 0 Å². The van der Waals surface area contributed by atoms with Crippen molar-refractivity contribution in [3.63, 3.8) is 0 Å². The van der Waals surface area contributed by atoms with Crippen molar-refractivity contribution >= 4 is 15.9 Å². The van der Waals surface area contributed by atoms with Crippen molar-refractivity contribution in [2.75, 3.05) is 26.2 Å². The minimum absolute atomic E-state index is 0.0366. The number of rotatable bonds is 5. The molecule has 1 aliphatic heterocycles. The number of hydrogen-bond acceptors (Lipinski definition) is 4. The Labute approximate surface area is 166 Å². The summed E-state index contributed by atoms with van der Waals surface area (Å²) in [4.78, 5) is 14.9. The average molecular weight is 403 g/mol. The zero-order valence-electron chi connectivity index (χ0n) is 16.5. The van der Waals surface area contributed by atoms with E-state index in [4.69, 9.17) is 4.74 Å². The summed E-state index contributed by atoms with van der Waals surface area (Å²) in [5.41, 5.74) is 1.52. The highest BCUT2D eigenvalue weighted by Crippen LogP contribution is 2.23. The fourth-order valence-corrected chi connectivity index (χ4v) is 4.58. The van der Waals surface area contributed by atoms with Crippen LogP contribution in [0.1, 0.15) is 29.8 Å². The Bertz CT molecular complexity index is 931. The minimum atomic E-state index is -3.55. The molecular formula is C21H26N2O4S. The van der Waals surface area contributed by atoms with Crippen molar-refractivity contribution in [1.82, 2.24) is 9.21 Å². The number of benzene rings is 2. The van der Waals surface area contributed by atoms with Gasteiger partial charge in [0.25, 0.3) is 5.91 Å². The van der Waals surface area contributed by atoms with E-state index in [1.807, 2.05) is 26.8 Å². The molecule has 7 heteroatoms. The highest BCUT2D eigenvalue weighted by Gasteiger charge is 2.31. The van der Waals surface area contributed by atoms with E-state index in [0.717, 1.165) is 5.56 Å². The van der Waals surface area contributed by atoms with Crippen LogP contribution >= 0.6 is 0 Å². The minimum Gasteiger partial charge on any atom is -0.490 e. The van der Waals surface area contributed by atoms with Gasteiger partial charge in [0.05, 0.1) is 16.6 Å². The third-order valence-corrected chi connectivity index (χ3v) is 6.58. The summed E-state index contributed by atoms with van der Waals surface area (Å²) in [7, 11) is -3.55. The first kappa shape index (κ1) is 20.4. The highest BCUT2D eigenvalue weighted by molar-refractivity contribution is 7.89. The Morgan fingerprint density at radius 2 is 1.57 bits per heavy atom. The molecule has 0 saturated carbocycles. The SMILES string of the molecule is Cc1ccc(S(=O)(=O)N2CCN(C(=O)c3ccccc3OC(C)C)CC2)cc1. The van der Waals surface area contributed by atoms with Crippen LogP contribution in [0.2, 0.25) is 0 Å². The monoisotopic (exact) mass is 402 g/mol. The topological polar surface area (TPSA) is 66.9 Å². The van der Waals surface area contributed by atoms with Crippen molar-refractivity contribution in [3.8, 4) is 5.75 Å². The smallest absolute Gasteiger partial charge is 0.257 e. The predicted molar refractivity (Wildman–Crippen MR) is 108 cm³/mol. The lowest BCUT2D eigenvalue weighted by Crippen LogP contribution is -2.50. The molecule has 0 N–H and O–H groups in total. The summed E-state index contributed by atoms with van der Waals surface area (Å²) in [5, 5.41) is 0. The van der Waals surface area contributed by atoms with Crippen LogP contribution in [0.4, 0.5) is 0 Å². The Kier molecular flexibility index (Phi) is 6.05. The van der Waals surface area contributed by atoms with E-state index in [1.165, 1.54) is 4.31 Å².